The van der Waals surface area contributed by atoms with E-state index < -0.39 is 0 Å². The molecule has 0 amide bonds. The molecular weight excluding hydrogens is 252 g/mol. The largest absolute Gasteiger partial charge is 0.243 e. The van der Waals surface area contributed by atoms with Gasteiger partial charge in [0.2, 0.25) is 0 Å². The van der Waals surface area contributed by atoms with Gasteiger partial charge >= 0.3 is 0 Å². The summed E-state index contributed by atoms with van der Waals surface area (Å²) in [6, 6.07) is 6.48. The molecule has 0 aliphatic heterocycles. The lowest BCUT2D eigenvalue weighted by atomic mass is 10.1. The maximum absolute atomic E-state index is 6.02. The summed E-state index contributed by atoms with van der Waals surface area (Å²) in [5.74, 6) is 0.879. The van der Waals surface area contributed by atoms with Crippen molar-refractivity contribution in [2.24, 2.45) is 0 Å². The monoisotopic (exact) mass is 264 g/mol. The maximum Gasteiger partial charge on any atom is 0.118 e. The Balaban J connectivity index is 2.12. The summed E-state index contributed by atoms with van der Waals surface area (Å²) in [5, 5.41) is 1.45. The number of halogens is 1. The average Bonchev–Trinajstić information content (AvgIpc) is 2.32. The van der Waals surface area contributed by atoms with Gasteiger partial charge in [0.1, 0.15) is 11.4 Å². The Labute approximate surface area is 110 Å². The van der Waals surface area contributed by atoms with Crippen molar-refractivity contribution in [2.45, 2.75) is 24.6 Å². The number of hydrogen-bond donors (Lipinski definition) is 0. The molecule has 4 heteroatoms. The van der Waals surface area contributed by atoms with Gasteiger partial charge in [0.15, 0.2) is 0 Å². The van der Waals surface area contributed by atoms with Gasteiger partial charge in [-0.15, -0.1) is 11.8 Å². The first-order chi connectivity index (χ1) is 8.16. The normalized spacial score (nSPS) is 10.5. The smallest absolute Gasteiger partial charge is 0.118 e. The molecule has 0 bridgehead atoms. The van der Waals surface area contributed by atoms with Gasteiger partial charge in [-0.1, -0.05) is 35.4 Å². The molecule has 0 unspecified atom stereocenters. The molecule has 0 aliphatic carbocycles. The molecule has 0 saturated carbocycles. The minimum atomic E-state index is 0.614. The van der Waals surface area contributed by atoms with E-state index in [0.717, 1.165) is 10.8 Å². The number of thioether (sulfide) groups is 1. The summed E-state index contributed by atoms with van der Waals surface area (Å²) in [6.45, 7) is 4.22. The summed E-state index contributed by atoms with van der Waals surface area (Å²) < 4.78 is 0. The van der Waals surface area contributed by atoms with Gasteiger partial charge in [0, 0.05) is 5.75 Å². The zero-order chi connectivity index (χ0) is 12.3. The lowest BCUT2D eigenvalue weighted by Gasteiger charge is -2.07. The number of hydrogen-bond acceptors (Lipinski definition) is 3. The number of aryl methyl sites for hydroxylation is 2. The maximum atomic E-state index is 6.02. The topological polar surface area (TPSA) is 25.8 Å². The first-order valence-corrected chi connectivity index (χ1v) is 6.67. The fraction of sp³-hybridized carbons (Fsp3) is 0.231. The molecule has 0 radical (unpaired) electrons. The molecule has 2 rings (SSSR count). The Kier molecular flexibility index (Phi) is 4.02. The fourth-order valence-electron chi connectivity index (χ4n) is 1.51. The first-order valence-electron chi connectivity index (χ1n) is 5.31. The van der Waals surface area contributed by atoms with Gasteiger partial charge < -0.3 is 0 Å². The van der Waals surface area contributed by atoms with Gasteiger partial charge in [0.05, 0.1) is 11.2 Å². The molecular formula is C13H13ClN2S. The minimum Gasteiger partial charge on any atom is -0.243 e. The van der Waals surface area contributed by atoms with Gasteiger partial charge in [-0.05, 0) is 25.0 Å². The van der Waals surface area contributed by atoms with Gasteiger partial charge in [-0.3, -0.25) is 0 Å². The van der Waals surface area contributed by atoms with Gasteiger partial charge in [-0.25, -0.2) is 9.97 Å². The second-order valence-electron chi connectivity index (χ2n) is 3.89. The molecule has 0 aliphatic rings. The van der Waals surface area contributed by atoms with Crippen LogP contribution in [0, 0.1) is 13.8 Å². The third-order valence-corrected chi connectivity index (χ3v) is 3.95. The molecule has 1 aromatic carbocycles. The molecule has 1 heterocycles. The van der Waals surface area contributed by atoms with Crippen LogP contribution in [0.25, 0.3) is 0 Å². The van der Waals surface area contributed by atoms with Crippen LogP contribution >= 0.6 is 23.4 Å². The zero-order valence-corrected chi connectivity index (χ0v) is 11.3. The highest BCUT2D eigenvalue weighted by atomic mass is 35.5. The van der Waals surface area contributed by atoms with Crippen LogP contribution < -0.4 is 0 Å². The predicted octanol–water partition coefficient (Wildman–Crippen LogP) is 4.04. The molecule has 0 atom stereocenters. The van der Waals surface area contributed by atoms with Crippen molar-refractivity contribution in [3.63, 3.8) is 0 Å². The third-order valence-electron chi connectivity index (χ3n) is 2.50. The highest BCUT2D eigenvalue weighted by Gasteiger charge is 2.04. The third kappa shape index (κ3) is 3.20. The Bertz CT molecular complexity index is 529. The highest BCUT2D eigenvalue weighted by Crippen LogP contribution is 2.27. The van der Waals surface area contributed by atoms with Crippen molar-refractivity contribution in [3.05, 3.63) is 52.4 Å². The highest BCUT2D eigenvalue weighted by molar-refractivity contribution is 7.98. The minimum absolute atomic E-state index is 0.614. The van der Waals surface area contributed by atoms with Gasteiger partial charge in [-0.2, -0.15) is 0 Å². The van der Waals surface area contributed by atoms with Crippen LogP contribution in [0.4, 0.5) is 0 Å². The molecule has 2 nitrogen and oxygen atoms in total. The summed E-state index contributed by atoms with van der Waals surface area (Å²) in [5.41, 5.74) is 3.90. The molecule has 2 aromatic rings. The van der Waals surface area contributed by atoms with Crippen molar-refractivity contribution in [1.82, 2.24) is 9.97 Å². The Morgan fingerprint density at radius 2 is 2.12 bits per heavy atom. The molecule has 0 fully saturated rings. The van der Waals surface area contributed by atoms with Crippen LogP contribution in [0.2, 0.25) is 5.02 Å². The van der Waals surface area contributed by atoms with Crippen LogP contribution in [0.1, 0.15) is 16.7 Å². The molecule has 0 spiro atoms. The van der Waals surface area contributed by atoms with E-state index in [2.05, 4.69) is 42.0 Å². The Morgan fingerprint density at radius 3 is 2.88 bits per heavy atom. The van der Waals surface area contributed by atoms with Crippen molar-refractivity contribution in [2.75, 3.05) is 0 Å². The van der Waals surface area contributed by atoms with E-state index in [-0.39, 0.29) is 0 Å². The number of nitrogens with zero attached hydrogens (tertiary/aromatic N) is 2. The molecule has 0 saturated heterocycles. The van der Waals surface area contributed by atoms with E-state index in [4.69, 9.17) is 11.6 Å². The Hall–Kier alpha value is -1.06. The number of aromatic nitrogens is 2. The van der Waals surface area contributed by atoms with Crippen molar-refractivity contribution in [3.8, 4) is 0 Å². The van der Waals surface area contributed by atoms with Crippen molar-refractivity contribution >= 4 is 23.4 Å². The quantitative estimate of drug-likeness (QED) is 0.618. The molecule has 1 aromatic heterocycles. The number of rotatable bonds is 3. The van der Waals surface area contributed by atoms with E-state index in [1.807, 2.05) is 0 Å². The van der Waals surface area contributed by atoms with Crippen LogP contribution in [-0.4, -0.2) is 9.97 Å². The lowest BCUT2D eigenvalue weighted by molar-refractivity contribution is 1.05. The summed E-state index contributed by atoms with van der Waals surface area (Å²) in [7, 11) is 0. The van der Waals surface area contributed by atoms with Crippen LogP contribution in [0.15, 0.2) is 35.7 Å². The van der Waals surface area contributed by atoms with Crippen LogP contribution in [0.3, 0.4) is 0 Å². The second kappa shape index (κ2) is 5.52. The molecule has 17 heavy (non-hydrogen) atoms. The van der Waals surface area contributed by atoms with E-state index in [1.54, 1.807) is 18.0 Å². The summed E-state index contributed by atoms with van der Waals surface area (Å²) >= 11 is 7.66. The van der Waals surface area contributed by atoms with E-state index in [1.165, 1.54) is 23.0 Å². The summed E-state index contributed by atoms with van der Waals surface area (Å²) in [4.78, 5) is 8.04. The van der Waals surface area contributed by atoms with E-state index >= 15 is 0 Å². The predicted molar refractivity (Wildman–Crippen MR) is 72.5 cm³/mol. The summed E-state index contributed by atoms with van der Waals surface area (Å²) in [6.07, 6.45) is 3.15. The molecule has 88 valence electrons. The van der Waals surface area contributed by atoms with Crippen molar-refractivity contribution < 1.29 is 0 Å². The molecule has 0 N–H and O–H groups in total. The van der Waals surface area contributed by atoms with E-state index in [0.29, 0.717) is 5.02 Å². The second-order valence-corrected chi connectivity index (χ2v) is 5.27. The van der Waals surface area contributed by atoms with Gasteiger partial charge in [0.25, 0.3) is 0 Å². The van der Waals surface area contributed by atoms with Crippen molar-refractivity contribution in [1.29, 1.82) is 0 Å². The zero-order valence-electron chi connectivity index (χ0n) is 9.77. The Morgan fingerprint density at radius 1 is 1.29 bits per heavy atom. The standard InChI is InChI=1S/C13H13ClN2S/c1-9-3-4-10(2)11(5-9)7-17-13-12(14)6-15-8-16-13/h3-6,8H,7H2,1-2H3. The first kappa shape index (κ1) is 12.4. The van der Waals surface area contributed by atoms with Crippen LogP contribution in [0.5, 0.6) is 0 Å². The SMILES string of the molecule is Cc1ccc(C)c(CSc2ncncc2Cl)c1. The van der Waals surface area contributed by atoms with E-state index in [9.17, 15) is 0 Å². The fourth-order valence-corrected chi connectivity index (χ4v) is 2.69. The lowest BCUT2D eigenvalue weighted by Crippen LogP contribution is -1.89. The average molecular weight is 265 g/mol. The van der Waals surface area contributed by atoms with Crippen LogP contribution in [-0.2, 0) is 5.75 Å². The number of benzene rings is 1.